The van der Waals surface area contributed by atoms with Crippen molar-refractivity contribution in [1.82, 2.24) is 10.2 Å². The van der Waals surface area contributed by atoms with Crippen LogP contribution in [0.25, 0.3) is 0 Å². The minimum Gasteiger partial charge on any atom is -0.313 e. The van der Waals surface area contributed by atoms with Gasteiger partial charge < -0.3 is 10.2 Å². The summed E-state index contributed by atoms with van der Waals surface area (Å²) >= 11 is 0. The molecule has 1 rings (SSSR count). The van der Waals surface area contributed by atoms with Crippen molar-refractivity contribution in [2.24, 2.45) is 5.92 Å². The van der Waals surface area contributed by atoms with Crippen molar-refractivity contribution in [3.63, 3.8) is 0 Å². The molecule has 1 unspecified atom stereocenters. The van der Waals surface area contributed by atoms with E-state index in [-0.39, 0.29) is 0 Å². The molecule has 15 heavy (non-hydrogen) atoms. The van der Waals surface area contributed by atoms with Gasteiger partial charge in [0, 0.05) is 19.1 Å². The Morgan fingerprint density at radius 2 is 2.20 bits per heavy atom. The number of rotatable bonds is 7. The Morgan fingerprint density at radius 3 is 2.80 bits per heavy atom. The molecule has 0 heterocycles. The van der Waals surface area contributed by atoms with E-state index in [1.165, 1.54) is 25.8 Å². The molecular weight excluding hydrogens is 184 g/mol. The Hall–Kier alpha value is -0.340. The van der Waals surface area contributed by atoms with Crippen molar-refractivity contribution >= 4 is 0 Å². The summed E-state index contributed by atoms with van der Waals surface area (Å²) in [6, 6.07) is 0.608. The molecule has 0 bridgehead atoms. The van der Waals surface area contributed by atoms with Crippen LogP contribution in [-0.4, -0.2) is 37.6 Å². The molecule has 1 atom stereocenters. The lowest BCUT2D eigenvalue weighted by Crippen LogP contribution is -2.33. The number of nitrogens with zero attached hydrogens (tertiary/aromatic N) is 1. The van der Waals surface area contributed by atoms with Gasteiger partial charge in [0.05, 0.1) is 0 Å². The summed E-state index contributed by atoms with van der Waals surface area (Å²) in [5.41, 5.74) is 0. The van der Waals surface area contributed by atoms with Crippen molar-refractivity contribution in [1.29, 1.82) is 0 Å². The van der Waals surface area contributed by atoms with Gasteiger partial charge in [-0.2, -0.15) is 0 Å². The Morgan fingerprint density at radius 1 is 1.40 bits per heavy atom. The van der Waals surface area contributed by atoms with Gasteiger partial charge in [0.1, 0.15) is 0 Å². The minimum absolute atomic E-state index is 0.608. The highest BCUT2D eigenvalue weighted by molar-refractivity contribution is 4.96. The van der Waals surface area contributed by atoms with Gasteiger partial charge in [-0.25, -0.2) is 0 Å². The first-order chi connectivity index (χ1) is 7.18. The molecule has 1 N–H and O–H groups in total. The maximum Gasteiger partial charge on any atom is 0.0104 e. The number of allylic oxidation sites excluding steroid dienone is 2. The summed E-state index contributed by atoms with van der Waals surface area (Å²) in [6.07, 6.45) is 8.71. The van der Waals surface area contributed by atoms with Gasteiger partial charge in [-0.1, -0.05) is 26.0 Å². The third kappa shape index (κ3) is 5.95. The average Bonchev–Trinajstić information content (AvgIpc) is 2.66. The van der Waals surface area contributed by atoms with Crippen LogP contribution in [-0.2, 0) is 0 Å². The quantitative estimate of drug-likeness (QED) is 0.649. The summed E-state index contributed by atoms with van der Waals surface area (Å²) in [5.74, 6) is 0.852. The summed E-state index contributed by atoms with van der Waals surface area (Å²) < 4.78 is 0. The van der Waals surface area contributed by atoms with E-state index in [0.717, 1.165) is 19.0 Å². The lowest BCUT2D eigenvalue weighted by Gasteiger charge is -2.19. The van der Waals surface area contributed by atoms with Crippen LogP contribution in [0.2, 0.25) is 0 Å². The molecule has 0 saturated carbocycles. The smallest absolute Gasteiger partial charge is 0.0104 e. The van der Waals surface area contributed by atoms with Gasteiger partial charge in [0.25, 0.3) is 0 Å². The molecule has 1 aliphatic carbocycles. The molecule has 1 aliphatic rings. The third-order valence-electron chi connectivity index (χ3n) is 3.04. The van der Waals surface area contributed by atoms with E-state index in [0.29, 0.717) is 6.04 Å². The zero-order valence-electron chi connectivity index (χ0n) is 10.5. The van der Waals surface area contributed by atoms with Crippen molar-refractivity contribution in [2.75, 3.05) is 26.7 Å². The maximum atomic E-state index is 3.45. The van der Waals surface area contributed by atoms with Gasteiger partial charge >= 0.3 is 0 Å². The van der Waals surface area contributed by atoms with E-state index in [9.17, 15) is 0 Å². The molecule has 0 saturated heterocycles. The lowest BCUT2D eigenvalue weighted by atomic mass is 10.1. The first-order valence-electron chi connectivity index (χ1n) is 6.27. The van der Waals surface area contributed by atoms with Crippen LogP contribution in [0.1, 0.15) is 33.1 Å². The van der Waals surface area contributed by atoms with Crippen LogP contribution in [0.4, 0.5) is 0 Å². The zero-order chi connectivity index (χ0) is 11.1. The first-order valence-corrected chi connectivity index (χ1v) is 6.27. The minimum atomic E-state index is 0.608. The summed E-state index contributed by atoms with van der Waals surface area (Å²) in [6.45, 7) is 7.89. The molecule has 88 valence electrons. The fraction of sp³-hybridized carbons (Fsp3) is 0.846. The van der Waals surface area contributed by atoms with E-state index >= 15 is 0 Å². The van der Waals surface area contributed by atoms with Gasteiger partial charge in [-0.3, -0.25) is 0 Å². The molecule has 0 fully saturated rings. The second-order valence-electron chi connectivity index (χ2n) is 4.97. The largest absolute Gasteiger partial charge is 0.313 e. The van der Waals surface area contributed by atoms with Crippen molar-refractivity contribution in [2.45, 2.75) is 39.2 Å². The van der Waals surface area contributed by atoms with E-state index in [2.05, 4.69) is 43.3 Å². The number of hydrogen-bond donors (Lipinski definition) is 1. The molecular formula is C13H26N2. The highest BCUT2D eigenvalue weighted by Crippen LogP contribution is 2.20. The number of hydrogen-bond acceptors (Lipinski definition) is 2. The summed E-state index contributed by atoms with van der Waals surface area (Å²) in [7, 11) is 2.22. The highest BCUT2D eigenvalue weighted by atomic mass is 15.1. The van der Waals surface area contributed by atoms with E-state index in [4.69, 9.17) is 0 Å². The molecule has 0 aromatic heterocycles. The van der Waals surface area contributed by atoms with Crippen molar-refractivity contribution in [3.8, 4) is 0 Å². The van der Waals surface area contributed by atoms with Crippen molar-refractivity contribution < 1.29 is 0 Å². The van der Waals surface area contributed by atoms with Crippen LogP contribution in [0.3, 0.4) is 0 Å². The van der Waals surface area contributed by atoms with Crippen LogP contribution in [0, 0.1) is 5.92 Å². The number of nitrogens with one attached hydrogen (secondary N) is 1. The topological polar surface area (TPSA) is 15.3 Å². The fourth-order valence-corrected chi connectivity index (χ4v) is 1.98. The van der Waals surface area contributed by atoms with Gasteiger partial charge in [0.2, 0.25) is 0 Å². The van der Waals surface area contributed by atoms with Crippen LogP contribution >= 0.6 is 0 Å². The fourth-order valence-electron chi connectivity index (χ4n) is 1.98. The van der Waals surface area contributed by atoms with E-state index in [1.54, 1.807) is 0 Å². The SMILES string of the molecule is CC(C)NCCN(C)CCC1C=CCC1. The average molecular weight is 210 g/mol. The second-order valence-corrected chi connectivity index (χ2v) is 4.97. The van der Waals surface area contributed by atoms with Crippen LogP contribution in [0.15, 0.2) is 12.2 Å². The molecule has 2 heteroatoms. The monoisotopic (exact) mass is 210 g/mol. The van der Waals surface area contributed by atoms with Crippen molar-refractivity contribution in [3.05, 3.63) is 12.2 Å². The highest BCUT2D eigenvalue weighted by Gasteiger charge is 2.09. The van der Waals surface area contributed by atoms with Gasteiger partial charge in [0.15, 0.2) is 0 Å². The molecule has 0 aliphatic heterocycles. The molecule has 0 aromatic rings. The van der Waals surface area contributed by atoms with Gasteiger partial charge in [-0.15, -0.1) is 0 Å². The normalized spacial score (nSPS) is 20.7. The third-order valence-corrected chi connectivity index (χ3v) is 3.04. The zero-order valence-corrected chi connectivity index (χ0v) is 10.5. The van der Waals surface area contributed by atoms with Crippen LogP contribution < -0.4 is 5.32 Å². The maximum absolute atomic E-state index is 3.45. The predicted octanol–water partition coefficient (Wildman–Crippen LogP) is 2.27. The second kappa shape index (κ2) is 7.02. The van der Waals surface area contributed by atoms with Gasteiger partial charge in [-0.05, 0) is 38.8 Å². The summed E-state index contributed by atoms with van der Waals surface area (Å²) in [5, 5.41) is 3.45. The summed E-state index contributed by atoms with van der Waals surface area (Å²) in [4.78, 5) is 2.43. The van der Waals surface area contributed by atoms with E-state index < -0.39 is 0 Å². The number of likely N-dealkylation sites (N-methyl/N-ethyl adjacent to an activating group) is 1. The first kappa shape index (κ1) is 12.7. The standard InChI is InChI=1S/C13H26N2/c1-12(2)14-9-11-15(3)10-8-13-6-4-5-7-13/h4,6,12-14H,5,7-11H2,1-3H3. The Balaban J connectivity index is 1.97. The predicted molar refractivity (Wildman–Crippen MR) is 67.1 cm³/mol. The molecule has 0 aromatic carbocycles. The van der Waals surface area contributed by atoms with E-state index in [1.807, 2.05) is 0 Å². The molecule has 2 nitrogen and oxygen atoms in total. The molecule has 0 amide bonds. The molecule has 0 spiro atoms. The lowest BCUT2D eigenvalue weighted by molar-refractivity contribution is 0.307. The molecule has 0 radical (unpaired) electrons. The van der Waals surface area contributed by atoms with Crippen LogP contribution in [0.5, 0.6) is 0 Å². The Labute approximate surface area is 94.7 Å². The Bertz CT molecular complexity index is 187. The Kier molecular flexibility index (Phi) is 5.96.